The van der Waals surface area contributed by atoms with Gasteiger partial charge in [0.2, 0.25) is 11.8 Å². The molecule has 0 unspecified atom stereocenters. The molecular formula is C25H27ClF3N7O3. The molecule has 0 bridgehead atoms. The molecule has 1 aliphatic rings. The number of hydrogen-bond acceptors (Lipinski definition) is 6. The average molecular weight is 566 g/mol. The number of fused-ring (bicyclic) bond motifs is 1. The third kappa shape index (κ3) is 5.35. The number of hydrogen-bond donors (Lipinski definition) is 2. The van der Waals surface area contributed by atoms with Gasteiger partial charge in [-0.15, -0.1) is 0 Å². The molecule has 2 aromatic heterocycles. The van der Waals surface area contributed by atoms with Crippen LogP contribution in [0.15, 0.2) is 29.2 Å². The van der Waals surface area contributed by atoms with Crippen LogP contribution in [0.25, 0.3) is 5.82 Å². The van der Waals surface area contributed by atoms with Crippen molar-refractivity contribution in [2.45, 2.75) is 52.0 Å². The van der Waals surface area contributed by atoms with Gasteiger partial charge in [0.1, 0.15) is 0 Å². The van der Waals surface area contributed by atoms with Gasteiger partial charge in [0.15, 0.2) is 5.82 Å². The van der Waals surface area contributed by atoms with E-state index in [2.05, 4.69) is 20.6 Å². The van der Waals surface area contributed by atoms with Crippen LogP contribution in [0.5, 0.6) is 0 Å². The zero-order chi connectivity index (χ0) is 28.8. The third-order valence-corrected chi connectivity index (χ3v) is 6.66. The third-order valence-electron chi connectivity index (χ3n) is 6.33. The number of imidazole rings is 1. The lowest BCUT2D eigenvalue weighted by Crippen LogP contribution is -2.46. The van der Waals surface area contributed by atoms with Crippen LogP contribution in [0.3, 0.4) is 0 Å². The molecule has 2 amide bonds. The number of benzene rings is 1. The Balaban J connectivity index is 1.78. The topological polar surface area (TPSA) is 114 Å². The van der Waals surface area contributed by atoms with E-state index in [0.717, 1.165) is 12.1 Å². The molecule has 3 aromatic rings. The molecule has 0 spiro atoms. The summed E-state index contributed by atoms with van der Waals surface area (Å²) in [7, 11) is 3.09. The van der Waals surface area contributed by atoms with Gasteiger partial charge in [0.05, 0.1) is 22.8 Å². The van der Waals surface area contributed by atoms with Crippen LogP contribution in [0.1, 0.15) is 58.6 Å². The molecule has 1 aromatic carbocycles. The number of rotatable bonds is 5. The van der Waals surface area contributed by atoms with E-state index >= 15 is 0 Å². The van der Waals surface area contributed by atoms with Crippen molar-refractivity contribution < 1.29 is 22.8 Å². The van der Waals surface area contributed by atoms with Crippen molar-refractivity contribution >= 4 is 29.4 Å². The van der Waals surface area contributed by atoms with E-state index in [4.69, 9.17) is 11.6 Å². The standard InChI is InChI=1S/C25H27ClF3N7O3/c1-12(2)31-24-32-18-10-35(22(38)14-6-7-17(26)16(9-14)25(27,28)29)13(3)8-15(18)23(39)36(24)19-11-34(5)20(33-19)21(37)30-4/h6-7,9,11-13H,8,10H2,1-5H3,(H,30,37)(H,31,32)/t13-/m1/s1. The van der Waals surface area contributed by atoms with E-state index in [9.17, 15) is 27.6 Å². The average Bonchev–Trinajstić information content (AvgIpc) is 3.23. The van der Waals surface area contributed by atoms with Gasteiger partial charge < -0.3 is 20.1 Å². The summed E-state index contributed by atoms with van der Waals surface area (Å²) in [4.78, 5) is 49.6. The summed E-state index contributed by atoms with van der Waals surface area (Å²) in [6.07, 6.45) is -3.07. The number of aromatic nitrogens is 4. The highest BCUT2D eigenvalue weighted by molar-refractivity contribution is 6.31. The molecule has 0 saturated carbocycles. The molecule has 2 N–H and O–H groups in total. The summed E-state index contributed by atoms with van der Waals surface area (Å²) < 4.78 is 42.9. The Hall–Kier alpha value is -3.87. The second-order valence-electron chi connectivity index (χ2n) is 9.59. The Morgan fingerprint density at radius 1 is 1.21 bits per heavy atom. The van der Waals surface area contributed by atoms with Crippen LogP contribution in [-0.2, 0) is 26.2 Å². The van der Waals surface area contributed by atoms with Gasteiger partial charge in [0.25, 0.3) is 17.4 Å². The summed E-state index contributed by atoms with van der Waals surface area (Å²) in [5.41, 5.74) is -1.03. The lowest BCUT2D eigenvalue weighted by molar-refractivity contribution is -0.137. The van der Waals surface area contributed by atoms with Crippen LogP contribution < -0.4 is 16.2 Å². The molecule has 0 radical (unpaired) electrons. The zero-order valence-electron chi connectivity index (χ0n) is 21.9. The van der Waals surface area contributed by atoms with Crippen molar-refractivity contribution in [2.24, 2.45) is 7.05 Å². The van der Waals surface area contributed by atoms with Gasteiger partial charge >= 0.3 is 6.18 Å². The van der Waals surface area contributed by atoms with Crippen molar-refractivity contribution in [1.29, 1.82) is 0 Å². The number of amides is 2. The minimum absolute atomic E-state index is 0.0894. The van der Waals surface area contributed by atoms with Gasteiger partial charge in [-0.25, -0.2) is 14.5 Å². The first-order valence-corrected chi connectivity index (χ1v) is 12.5. The number of anilines is 1. The number of carbonyl (C=O) groups is 2. The first-order valence-electron chi connectivity index (χ1n) is 12.1. The summed E-state index contributed by atoms with van der Waals surface area (Å²) in [5, 5.41) is 5.11. The van der Waals surface area contributed by atoms with Crippen LogP contribution in [0, 0.1) is 0 Å². The van der Waals surface area contributed by atoms with Crippen LogP contribution in [-0.4, -0.2) is 54.9 Å². The SMILES string of the molecule is CNC(=O)c1nc(-n2c(NC(C)C)nc3c(c2=O)C[C@@H](C)N(C(=O)c2ccc(Cl)c(C(F)(F)F)c2)C3)cn1C. The maximum Gasteiger partial charge on any atom is 0.417 e. The van der Waals surface area contributed by atoms with Crippen LogP contribution in [0.4, 0.5) is 19.1 Å². The van der Waals surface area contributed by atoms with Gasteiger partial charge in [0, 0.05) is 43.5 Å². The Bertz CT molecular complexity index is 1510. The molecule has 39 heavy (non-hydrogen) atoms. The molecule has 0 aliphatic carbocycles. The molecule has 4 rings (SSSR count). The fraction of sp³-hybridized carbons (Fsp3) is 0.400. The first kappa shape index (κ1) is 28.1. The summed E-state index contributed by atoms with van der Waals surface area (Å²) in [6.45, 7) is 5.31. The molecule has 1 atom stereocenters. The van der Waals surface area contributed by atoms with Gasteiger partial charge in [-0.2, -0.15) is 13.2 Å². The molecular weight excluding hydrogens is 539 g/mol. The highest BCUT2D eigenvalue weighted by Crippen LogP contribution is 2.36. The van der Waals surface area contributed by atoms with E-state index < -0.39 is 40.2 Å². The van der Waals surface area contributed by atoms with E-state index in [1.54, 1.807) is 14.0 Å². The first-order chi connectivity index (χ1) is 18.2. The number of nitrogens with one attached hydrogen (secondary N) is 2. The molecule has 208 valence electrons. The van der Waals surface area contributed by atoms with E-state index in [1.165, 1.54) is 33.3 Å². The van der Waals surface area contributed by atoms with E-state index in [1.807, 2.05) is 13.8 Å². The Labute approximate surface area is 226 Å². The summed E-state index contributed by atoms with van der Waals surface area (Å²) in [6, 6.07) is 2.35. The number of nitrogens with zero attached hydrogens (tertiary/aromatic N) is 5. The maximum absolute atomic E-state index is 13.8. The van der Waals surface area contributed by atoms with Crippen molar-refractivity contribution in [3.05, 3.63) is 68.0 Å². The van der Waals surface area contributed by atoms with Crippen molar-refractivity contribution in [2.75, 3.05) is 12.4 Å². The highest BCUT2D eigenvalue weighted by Gasteiger charge is 2.36. The molecule has 0 fully saturated rings. The fourth-order valence-electron chi connectivity index (χ4n) is 4.42. The lowest BCUT2D eigenvalue weighted by Gasteiger charge is -2.34. The van der Waals surface area contributed by atoms with Gasteiger partial charge in [-0.3, -0.25) is 14.4 Å². The maximum atomic E-state index is 13.8. The number of halogens is 4. The lowest BCUT2D eigenvalue weighted by atomic mass is 9.98. The largest absolute Gasteiger partial charge is 0.417 e. The summed E-state index contributed by atoms with van der Waals surface area (Å²) in [5.74, 6) is -0.632. The van der Waals surface area contributed by atoms with Crippen molar-refractivity contribution in [3.8, 4) is 5.82 Å². The fourth-order valence-corrected chi connectivity index (χ4v) is 4.65. The molecule has 14 heteroatoms. The Morgan fingerprint density at radius 3 is 2.51 bits per heavy atom. The zero-order valence-corrected chi connectivity index (χ0v) is 22.6. The van der Waals surface area contributed by atoms with Crippen LogP contribution in [0.2, 0.25) is 5.02 Å². The van der Waals surface area contributed by atoms with Gasteiger partial charge in [-0.05, 0) is 45.4 Å². The molecule has 1 aliphatic heterocycles. The minimum Gasteiger partial charge on any atom is -0.353 e. The quantitative estimate of drug-likeness (QED) is 0.490. The van der Waals surface area contributed by atoms with E-state index in [0.29, 0.717) is 11.3 Å². The van der Waals surface area contributed by atoms with Crippen molar-refractivity contribution in [3.63, 3.8) is 0 Å². The smallest absolute Gasteiger partial charge is 0.353 e. The van der Waals surface area contributed by atoms with Crippen LogP contribution >= 0.6 is 11.6 Å². The second-order valence-corrected chi connectivity index (χ2v) is 10.00. The summed E-state index contributed by atoms with van der Waals surface area (Å²) >= 11 is 5.72. The highest BCUT2D eigenvalue weighted by atomic mass is 35.5. The number of alkyl halides is 3. The van der Waals surface area contributed by atoms with E-state index in [-0.39, 0.29) is 42.2 Å². The number of aryl methyl sites for hydroxylation is 1. The number of carbonyl (C=O) groups excluding carboxylic acids is 2. The Morgan fingerprint density at radius 2 is 1.90 bits per heavy atom. The normalized spacial score (nSPS) is 15.3. The second kappa shape index (κ2) is 10.4. The Kier molecular flexibility index (Phi) is 7.48. The molecule has 3 heterocycles. The molecule has 0 saturated heterocycles. The van der Waals surface area contributed by atoms with Crippen molar-refractivity contribution in [1.82, 2.24) is 29.3 Å². The van der Waals surface area contributed by atoms with Gasteiger partial charge in [-0.1, -0.05) is 11.6 Å². The predicted octanol–water partition coefficient (Wildman–Crippen LogP) is 3.41. The molecule has 10 nitrogen and oxygen atoms in total. The minimum atomic E-state index is -4.72. The predicted molar refractivity (Wildman–Crippen MR) is 138 cm³/mol. The monoisotopic (exact) mass is 565 g/mol.